The molecule has 0 aliphatic rings. The van der Waals surface area contributed by atoms with E-state index in [1.807, 2.05) is 55.5 Å². The summed E-state index contributed by atoms with van der Waals surface area (Å²) >= 11 is 0. The van der Waals surface area contributed by atoms with Crippen LogP contribution in [0.3, 0.4) is 0 Å². The summed E-state index contributed by atoms with van der Waals surface area (Å²) in [5.41, 5.74) is 12.3. The smallest absolute Gasteiger partial charge is 0.255 e. The van der Waals surface area contributed by atoms with Crippen LogP contribution in [0, 0.1) is 6.92 Å². The number of anilines is 3. The summed E-state index contributed by atoms with van der Waals surface area (Å²) in [6.45, 7) is 1.98. The third-order valence-corrected chi connectivity index (χ3v) is 5.62. The van der Waals surface area contributed by atoms with Gasteiger partial charge in [-0.1, -0.05) is 23.8 Å². The van der Waals surface area contributed by atoms with Crippen molar-refractivity contribution >= 4 is 39.9 Å². The van der Waals surface area contributed by atoms with E-state index in [4.69, 9.17) is 5.73 Å². The summed E-state index contributed by atoms with van der Waals surface area (Å²) in [6, 6.07) is 27.2. The van der Waals surface area contributed by atoms with Gasteiger partial charge >= 0.3 is 0 Å². The molecule has 0 saturated carbocycles. The van der Waals surface area contributed by atoms with E-state index in [2.05, 4.69) is 20.6 Å². The van der Waals surface area contributed by atoms with E-state index in [0.717, 1.165) is 22.2 Å². The Morgan fingerprint density at radius 1 is 0.771 bits per heavy atom. The van der Waals surface area contributed by atoms with Crippen molar-refractivity contribution in [1.29, 1.82) is 0 Å². The molecular formula is C28H23N5O2. The lowest BCUT2D eigenvalue weighted by atomic mass is 10.1. The van der Waals surface area contributed by atoms with Gasteiger partial charge in [0.2, 0.25) is 0 Å². The predicted molar refractivity (Wildman–Crippen MR) is 139 cm³/mol. The summed E-state index contributed by atoms with van der Waals surface area (Å²) < 4.78 is 0. The maximum atomic E-state index is 12.5. The SMILES string of the molecule is Cc1ccc(C(=O)Nc2ccc(-c3nc4ccc(NC(=O)c5cccc(N)c5)cc4[nH]3)cc2)cc1. The van der Waals surface area contributed by atoms with E-state index in [-0.39, 0.29) is 11.8 Å². The first-order valence-corrected chi connectivity index (χ1v) is 11.1. The van der Waals surface area contributed by atoms with E-state index >= 15 is 0 Å². The molecule has 1 heterocycles. The molecule has 0 spiro atoms. The number of nitrogens with one attached hydrogen (secondary N) is 3. The molecular weight excluding hydrogens is 438 g/mol. The van der Waals surface area contributed by atoms with Gasteiger partial charge in [0.1, 0.15) is 5.82 Å². The number of nitrogens with two attached hydrogens (primary N) is 1. The highest BCUT2D eigenvalue weighted by atomic mass is 16.2. The number of aromatic amines is 1. The van der Waals surface area contributed by atoms with Gasteiger partial charge < -0.3 is 21.4 Å². The van der Waals surface area contributed by atoms with Crippen LogP contribution in [0.5, 0.6) is 0 Å². The number of hydrogen-bond acceptors (Lipinski definition) is 4. The third kappa shape index (κ3) is 4.89. The molecule has 0 unspecified atom stereocenters. The fourth-order valence-corrected chi connectivity index (χ4v) is 3.73. The number of imidazole rings is 1. The fraction of sp³-hybridized carbons (Fsp3) is 0.0357. The number of rotatable bonds is 5. The number of aryl methyl sites for hydroxylation is 1. The molecule has 5 N–H and O–H groups in total. The molecule has 0 fully saturated rings. The fourth-order valence-electron chi connectivity index (χ4n) is 3.73. The Hall–Kier alpha value is -4.91. The van der Waals surface area contributed by atoms with Crippen LogP contribution in [0.4, 0.5) is 17.1 Å². The maximum absolute atomic E-state index is 12.5. The van der Waals surface area contributed by atoms with Gasteiger partial charge in [-0.3, -0.25) is 9.59 Å². The molecule has 172 valence electrons. The largest absolute Gasteiger partial charge is 0.399 e. The molecule has 0 atom stereocenters. The summed E-state index contributed by atoms with van der Waals surface area (Å²) in [5, 5.41) is 5.79. The van der Waals surface area contributed by atoms with Crippen molar-refractivity contribution in [3.63, 3.8) is 0 Å². The second kappa shape index (κ2) is 9.15. The minimum atomic E-state index is -0.236. The Morgan fingerprint density at radius 3 is 2.20 bits per heavy atom. The Bertz CT molecular complexity index is 1540. The lowest BCUT2D eigenvalue weighted by Crippen LogP contribution is -2.12. The number of benzene rings is 4. The second-order valence-corrected chi connectivity index (χ2v) is 8.29. The Balaban J connectivity index is 1.30. The van der Waals surface area contributed by atoms with E-state index in [1.54, 1.807) is 42.5 Å². The van der Waals surface area contributed by atoms with Gasteiger partial charge in [0.05, 0.1) is 11.0 Å². The first-order valence-electron chi connectivity index (χ1n) is 11.1. The van der Waals surface area contributed by atoms with E-state index in [0.29, 0.717) is 34.0 Å². The molecule has 35 heavy (non-hydrogen) atoms. The lowest BCUT2D eigenvalue weighted by molar-refractivity contribution is 0.101. The van der Waals surface area contributed by atoms with Crippen LogP contribution in [-0.2, 0) is 0 Å². The zero-order valence-corrected chi connectivity index (χ0v) is 19.0. The monoisotopic (exact) mass is 461 g/mol. The van der Waals surface area contributed by atoms with Gasteiger partial charge in [-0.15, -0.1) is 0 Å². The predicted octanol–water partition coefficient (Wildman–Crippen LogP) is 5.63. The van der Waals surface area contributed by atoms with Crippen LogP contribution in [0.25, 0.3) is 22.4 Å². The van der Waals surface area contributed by atoms with Crippen LogP contribution < -0.4 is 16.4 Å². The highest BCUT2D eigenvalue weighted by molar-refractivity contribution is 6.05. The average Bonchev–Trinajstić information content (AvgIpc) is 3.28. The van der Waals surface area contributed by atoms with Crippen molar-refractivity contribution in [3.8, 4) is 11.4 Å². The number of H-pyrrole nitrogens is 1. The number of amides is 2. The quantitative estimate of drug-likeness (QED) is 0.254. The highest BCUT2D eigenvalue weighted by Gasteiger charge is 2.11. The van der Waals surface area contributed by atoms with Crippen LogP contribution in [0.2, 0.25) is 0 Å². The van der Waals surface area contributed by atoms with Crippen molar-refractivity contribution in [2.45, 2.75) is 6.92 Å². The van der Waals surface area contributed by atoms with Gasteiger partial charge in [0.15, 0.2) is 0 Å². The Morgan fingerprint density at radius 2 is 1.46 bits per heavy atom. The summed E-state index contributed by atoms with van der Waals surface area (Å²) in [5.74, 6) is 0.296. The van der Waals surface area contributed by atoms with Crippen molar-refractivity contribution in [3.05, 3.63) is 108 Å². The number of carbonyl (C=O) groups excluding carboxylic acids is 2. The molecule has 7 heteroatoms. The minimum absolute atomic E-state index is 0.158. The standard InChI is InChI=1S/C28H23N5O2/c1-17-5-7-19(8-6-17)27(34)30-22-11-9-18(10-12-22)26-32-24-14-13-23(16-25(24)33-26)31-28(35)20-3-2-4-21(29)15-20/h2-16H,29H2,1H3,(H,30,34)(H,31,35)(H,32,33). The van der Waals surface area contributed by atoms with Crippen LogP contribution in [0.15, 0.2) is 91.0 Å². The van der Waals surface area contributed by atoms with E-state index in [9.17, 15) is 9.59 Å². The Labute approximate surface area is 202 Å². The molecule has 0 aliphatic carbocycles. The molecule has 5 aromatic rings. The van der Waals surface area contributed by atoms with Crippen LogP contribution in [0.1, 0.15) is 26.3 Å². The molecule has 0 bridgehead atoms. The highest BCUT2D eigenvalue weighted by Crippen LogP contribution is 2.25. The van der Waals surface area contributed by atoms with Gasteiger partial charge in [0, 0.05) is 33.8 Å². The number of nitrogen functional groups attached to an aromatic ring is 1. The molecule has 0 saturated heterocycles. The number of aromatic nitrogens is 2. The minimum Gasteiger partial charge on any atom is -0.399 e. The van der Waals surface area contributed by atoms with Crippen LogP contribution >= 0.6 is 0 Å². The number of nitrogens with zero attached hydrogens (tertiary/aromatic N) is 1. The molecule has 4 aromatic carbocycles. The van der Waals surface area contributed by atoms with E-state index in [1.165, 1.54) is 0 Å². The first kappa shape index (κ1) is 21.9. The summed E-state index contributed by atoms with van der Waals surface area (Å²) in [4.78, 5) is 32.9. The van der Waals surface area contributed by atoms with Crippen molar-refractivity contribution in [2.24, 2.45) is 0 Å². The molecule has 0 aliphatic heterocycles. The maximum Gasteiger partial charge on any atom is 0.255 e. The zero-order chi connectivity index (χ0) is 24.4. The molecule has 7 nitrogen and oxygen atoms in total. The van der Waals surface area contributed by atoms with Gasteiger partial charge in [-0.25, -0.2) is 4.98 Å². The first-order chi connectivity index (χ1) is 16.9. The van der Waals surface area contributed by atoms with Gasteiger partial charge in [-0.05, 0) is 79.7 Å². The van der Waals surface area contributed by atoms with Crippen LogP contribution in [-0.4, -0.2) is 21.8 Å². The third-order valence-electron chi connectivity index (χ3n) is 5.62. The summed E-state index contributed by atoms with van der Waals surface area (Å²) in [7, 11) is 0. The number of fused-ring (bicyclic) bond motifs is 1. The molecule has 1 aromatic heterocycles. The topological polar surface area (TPSA) is 113 Å². The number of hydrogen-bond donors (Lipinski definition) is 4. The normalized spacial score (nSPS) is 10.8. The molecule has 5 rings (SSSR count). The van der Waals surface area contributed by atoms with Crippen molar-refractivity contribution in [2.75, 3.05) is 16.4 Å². The Kier molecular flexibility index (Phi) is 5.73. The van der Waals surface area contributed by atoms with Crippen molar-refractivity contribution in [1.82, 2.24) is 9.97 Å². The van der Waals surface area contributed by atoms with Gasteiger partial charge in [0.25, 0.3) is 11.8 Å². The van der Waals surface area contributed by atoms with E-state index < -0.39 is 0 Å². The van der Waals surface area contributed by atoms with Gasteiger partial charge in [-0.2, -0.15) is 0 Å². The van der Waals surface area contributed by atoms with Crippen molar-refractivity contribution < 1.29 is 9.59 Å². The zero-order valence-electron chi connectivity index (χ0n) is 19.0. The molecule has 2 amide bonds. The second-order valence-electron chi connectivity index (χ2n) is 8.29. The lowest BCUT2D eigenvalue weighted by Gasteiger charge is -2.06. The molecule has 0 radical (unpaired) electrons. The number of carbonyl (C=O) groups is 2. The summed E-state index contributed by atoms with van der Waals surface area (Å²) in [6.07, 6.45) is 0. The average molecular weight is 462 g/mol.